The zero-order chi connectivity index (χ0) is 9.80. The van der Waals surface area contributed by atoms with Crippen LogP contribution in [0.3, 0.4) is 0 Å². The van der Waals surface area contributed by atoms with Gasteiger partial charge < -0.3 is 9.68 Å². The van der Waals surface area contributed by atoms with Crippen LogP contribution in [0.25, 0.3) is 5.69 Å². The van der Waals surface area contributed by atoms with Crippen molar-refractivity contribution in [2.75, 3.05) is 0 Å². The molecule has 69 valence electrons. The van der Waals surface area contributed by atoms with E-state index in [0.717, 1.165) is 5.69 Å². The molecule has 5 heteroatoms. The van der Waals surface area contributed by atoms with Crippen LogP contribution in [0, 0.1) is 0 Å². The zero-order valence-corrected chi connectivity index (χ0v) is 7.37. The molecular weight excluding hydrogens is 179 g/mol. The minimum Gasteiger partial charge on any atom is -0.523 e. The number of benzene rings is 1. The van der Waals surface area contributed by atoms with Gasteiger partial charge in [0.1, 0.15) is 0 Å². The van der Waals surface area contributed by atoms with E-state index < -0.39 is 0 Å². The van der Waals surface area contributed by atoms with Gasteiger partial charge in [-0.2, -0.15) is 5.10 Å². The van der Waals surface area contributed by atoms with Crippen LogP contribution in [0.15, 0.2) is 42.6 Å². The molecule has 1 aromatic carbocycles. The van der Waals surface area contributed by atoms with E-state index in [1.807, 2.05) is 30.3 Å². The number of aromatic nitrogens is 2. The van der Waals surface area contributed by atoms with E-state index in [1.165, 1.54) is 0 Å². The Balaban J connectivity index is 2.37. The first-order valence-electron chi connectivity index (χ1n) is 4.14. The molecule has 0 atom stereocenters. The van der Waals surface area contributed by atoms with Crippen LogP contribution in [0.1, 0.15) is 0 Å². The lowest BCUT2D eigenvalue weighted by Crippen LogP contribution is -2.06. The molecule has 0 aliphatic rings. The van der Waals surface area contributed by atoms with Crippen LogP contribution in [-0.2, 0) is 0 Å². The Kier molecular flexibility index (Phi) is 2.51. The van der Waals surface area contributed by atoms with Gasteiger partial charge in [0.05, 0.1) is 11.9 Å². The van der Waals surface area contributed by atoms with Crippen molar-refractivity contribution in [2.45, 2.75) is 0 Å². The summed E-state index contributed by atoms with van der Waals surface area (Å²) in [6.45, 7) is 0. The molecule has 0 aliphatic heterocycles. The lowest BCUT2D eigenvalue weighted by atomic mass is 10.3. The molecule has 0 aliphatic carbocycles. The van der Waals surface area contributed by atoms with Crippen molar-refractivity contribution >= 4 is 7.69 Å². The van der Waals surface area contributed by atoms with Crippen LogP contribution in [0.2, 0.25) is 0 Å². The van der Waals surface area contributed by atoms with Crippen molar-refractivity contribution in [1.29, 1.82) is 0 Å². The summed E-state index contributed by atoms with van der Waals surface area (Å²) in [6.07, 6.45) is 1.60. The maximum atomic E-state index is 8.52. The molecular formula is C9H8BN2O2. The summed E-state index contributed by atoms with van der Waals surface area (Å²) in [7, 11) is 0.635. The van der Waals surface area contributed by atoms with Crippen LogP contribution in [-0.4, -0.2) is 22.5 Å². The fraction of sp³-hybridized carbons (Fsp3) is 0. The summed E-state index contributed by atoms with van der Waals surface area (Å²) in [4.78, 5) is 0. The third-order valence-electron chi connectivity index (χ3n) is 1.78. The van der Waals surface area contributed by atoms with E-state index in [1.54, 1.807) is 16.9 Å². The normalized spacial score (nSPS) is 9.79. The fourth-order valence-corrected chi connectivity index (χ4v) is 1.20. The quantitative estimate of drug-likeness (QED) is 0.722. The van der Waals surface area contributed by atoms with Gasteiger partial charge in [0.25, 0.3) is 0 Å². The Morgan fingerprint density at radius 2 is 2.00 bits per heavy atom. The summed E-state index contributed by atoms with van der Waals surface area (Å²) in [5.41, 5.74) is 0.884. The first kappa shape index (κ1) is 8.84. The molecule has 0 saturated carbocycles. The van der Waals surface area contributed by atoms with E-state index >= 15 is 0 Å². The second-order valence-corrected chi connectivity index (χ2v) is 2.64. The molecule has 1 aromatic heterocycles. The SMILES string of the molecule is O[B]Oc1ccnn1-c1ccccc1. The first-order valence-corrected chi connectivity index (χ1v) is 4.14. The lowest BCUT2D eigenvalue weighted by Gasteiger charge is -2.05. The molecule has 0 unspecified atom stereocenters. The first-order chi connectivity index (χ1) is 6.92. The number of rotatable bonds is 3. The monoisotopic (exact) mass is 187 g/mol. The Labute approximate surface area is 82.1 Å². The molecule has 4 nitrogen and oxygen atoms in total. The third-order valence-corrected chi connectivity index (χ3v) is 1.78. The van der Waals surface area contributed by atoms with Gasteiger partial charge in [0, 0.05) is 6.07 Å². The maximum Gasteiger partial charge on any atom is 0.570 e. The highest BCUT2D eigenvalue weighted by atomic mass is 16.5. The number of hydrogen-bond donors (Lipinski definition) is 1. The number of para-hydroxylation sites is 1. The molecule has 0 saturated heterocycles. The summed E-state index contributed by atoms with van der Waals surface area (Å²) in [5, 5.41) is 12.6. The van der Waals surface area contributed by atoms with E-state index in [2.05, 4.69) is 5.10 Å². The van der Waals surface area contributed by atoms with Crippen LogP contribution in [0.5, 0.6) is 5.88 Å². The molecule has 0 amide bonds. The van der Waals surface area contributed by atoms with E-state index in [-0.39, 0.29) is 0 Å². The number of nitrogens with zero attached hydrogens (tertiary/aromatic N) is 2. The highest BCUT2D eigenvalue weighted by Gasteiger charge is 2.04. The average Bonchev–Trinajstić information content (AvgIpc) is 2.68. The molecule has 1 heterocycles. The van der Waals surface area contributed by atoms with Gasteiger partial charge in [-0.05, 0) is 12.1 Å². The van der Waals surface area contributed by atoms with E-state index in [9.17, 15) is 0 Å². The predicted molar refractivity (Wildman–Crippen MR) is 52.2 cm³/mol. The van der Waals surface area contributed by atoms with Crippen molar-refractivity contribution in [1.82, 2.24) is 9.78 Å². The molecule has 1 radical (unpaired) electrons. The lowest BCUT2D eigenvalue weighted by molar-refractivity contribution is 0.432. The average molecular weight is 187 g/mol. The smallest absolute Gasteiger partial charge is 0.523 e. The maximum absolute atomic E-state index is 8.52. The topological polar surface area (TPSA) is 47.3 Å². The Hall–Kier alpha value is -1.75. The van der Waals surface area contributed by atoms with Crippen LogP contribution < -0.4 is 4.65 Å². The molecule has 2 rings (SSSR count). The fourth-order valence-electron chi connectivity index (χ4n) is 1.20. The zero-order valence-electron chi connectivity index (χ0n) is 7.37. The van der Waals surface area contributed by atoms with Gasteiger partial charge in [-0.15, -0.1) is 0 Å². The standard InChI is InChI=1S/C9H8BN2O2/c13-10-14-9-6-7-11-12(9)8-4-2-1-3-5-8/h1-7,13H. The summed E-state index contributed by atoms with van der Waals surface area (Å²) < 4.78 is 6.45. The van der Waals surface area contributed by atoms with Crippen molar-refractivity contribution in [3.05, 3.63) is 42.6 Å². The van der Waals surface area contributed by atoms with Crippen LogP contribution >= 0.6 is 0 Å². The summed E-state index contributed by atoms with van der Waals surface area (Å²) >= 11 is 0. The second kappa shape index (κ2) is 3.98. The molecule has 14 heavy (non-hydrogen) atoms. The molecule has 0 spiro atoms. The Morgan fingerprint density at radius 1 is 1.21 bits per heavy atom. The molecule has 0 bridgehead atoms. The highest BCUT2D eigenvalue weighted by molar-refractivity contribution is 6.17. The van der Waals surface area contributed by atoms with Crippen molar-refractivity contribution in [3.63, 3.8) is 0 Å². The van der Waals surface area contributed by atoms with Gasteiger partial charge in [0.15, 0.2) is 5.88 Å². The number of hydrogen-bond acceptors (Lipinski definition) is 3. The van der Waals surface area contributed by atoms with E-state index in [0.29, 0.717) is 13.6 Å². The largest absolute Gasteiger partial charge is 0.570 e. The predicted octanol–water partition coefficient (Wildman–Crippen LogP) is 0.778. The Morgan fingerprint density at radius 3 is 2.71 bits per heavy atom. The van der Waals surface area contributed by atoms with Gasteiger partial charge in [-0.1, -0.05) is 18.2 Å². The summed E-state index contributed by atoms with van der Waals surface area (Å²) in [5.74, 6) is 0.471. The van der Waals surface area contributed by atoms with Crippen molar-refractivity contribution in [2.24, 2.45) is 0 Å². The summed E-state index contributed by atoms with van der Waals surface area (Å²) in [6, 6.07) is 11.2. The van der Waals surface area contributed by atoms with Crippen molar-refractivity contribution in [3.8, 4) is 11.6 Å². The highest BCUT2D eigenvalue weighted by Crippen LogP contribution is 2.15. The van der Waals surface area contributed by atoms with E-state index in [4.69, 9.17) is 9.68 Å². The second-order valence-electron chi connectivity index (χ2n) is 2.64. The molecule has 1 N–H and O–H groups in total. The van der Waals surface area contributed by atoms with Gasteiger partial charge in [-0.25, -0.2) is 4.68 Å². The minimum absolute atomic E-state index is 0.471. The molecule has 0 fully saturated rings. The van der Waals surface area contributed by atoms with Gasteiger partial charge in [0.2, 0.25) is 0 Å². The Bertz CT molecular complexity index is 402. The third kappa shape index (κ3) is 1.62. The minimum atomic E-state index is 0.471. The van der Waals surface area contributed by atoms with Crippen molar-refractivity contribution < 1.29 is 9.68 Å². The molecule has 2 aromatic rings. The van der Waals surface area contributed by atoms with Gasteiger partial charge in [-0.3, -0.25) is 0 Å². The van der Waals surface area contributed by atoms with Crippen LogP contribution in [0.4, 0.5) is 0 Å². The van der Waals surface area contributed by atoms with Gasteiger partial charge >= 0.3 is 7.69 Å².